The molecule has 1 fully saturated rings. The number of nitrogens with one attached hydrogen (secondary N) is 1. The molecule has 0 bridgehead atoms. The van der Waals surface area contributed by atoms with E-state index in [0.29, 0.717) is 30.0 Å². The summed E-state index contributed by atoms with van der Waals surface area (Å²) < 4.78 is 39.4. The highest BCUT2D eigenvalue weighted by molar-refractivity contribution is 5.90. The van der Waals surface area contributed by atoms with E-state index in [-0.39, 0.29) is 11.8 Å². The van der Waals surface area contributed by atoms with Gasteiger partial charge in [-0.1, -0.05) is 18.2 Å². The fourth-order valence-electron chi connectivity index (χ4n) is 4.57. The van der Waals surface area contributed by atoms with Crippen LogP contribution < -0.4 is 5.32 Å². The lowest BCUT2D eigenvalue weighted by Crippen LogP contribution is -2.20. The van der Waals surface area contributed by atoms with Crippen molar-refractivity contribution < 1.29 is 23.1 Å². The molecule has 0 radical (unpaired) electrons. The summed E-state index contributed by atoms with van der Waals surface area (Å²) in [5, 5.41) is 13.3. The van der Waals surface area contributed by atoms with Gasteiger partial charge in [0.25, 0.3) is 0 Å². The molecule has 1 aliphatic rings. The molecule has 2 aromatic carbocycles. The van der Waals surface area contributed by atoms with Crippen LogP contribution in [0, 0.1) is 12.8 Å². The Hall–Kier alpha value is -3.16. The van der Waals surface area contributed by atoms with Gasteiger partial charge in [-0.15, -0.1) is 0 Å². The van der Waals surface area contributed by atoms with Crippen LogP contribution in [0.3, 0.4) is 0 Å². The number of aliphatic carboxylic acids is 1. The topological polar surface area (TPSA) is 75.1 Å². The smallest absolute Gasteiger partial charge is 0.416 e. The Morgan fingerprint density at radius 1 is 1.09 bits per heavy atom. The van der Waals surface area contributed by atoms with Gasteiger partial charge in [0.2, 0.25) is 0 Å². The van der Waals surface area contributed by atoms with Crippen LogP contribution in [0.15, 0.2) is 42.5 Å². The van der Waals surface area contributed by atoms with Crippen LogP contribution in [0.25, 0.3) is 10.9 Å². The number of halogens is 3. The number of aryl methyl sites for hydroxylation is 1. The second-order valence-corrected chi connectivity index (χ2v) is 8.77. The number of fused-ring (bicyclic) bond motifs is 1. The summed E-state index contributed by atoms with van der Waals surface area (Å²) in [6.07, 6.45) is -1.49. The zero-order valence-corrected chi connectivity index (χ0v) is 18.5. The van der Waals surface area contributed by atoms with E-state index in [1.807, 2.05) is 18.2 Å². The number of alkyl halides is 3. The molecule has 0 amide bonds. The van der Waals surface area contributed by atoms with E-state index < -0.39 is 23.8 Å². The zero-order chi connectivity index (χ0) is 23.8. The average molecular weight is 457 g/mol. The first-order chi connectivity index (χ1) is 15.6. The third kappa shape index (κ3) is 5.10. The molecule has 0 unspecified atom stereocenters. The molecule has 0 aliphatic heterocycles. The minimum absolute atomic E-state index is 0.264. The van der Waals surface area contributed by atoms with Gasteiger partial charge in [0.15, 0.2) is 0 Å². The first-order valence-electron chi connectivity index (χ1n) is 11.1. The summed E-state index contributed by atoms with van der Waals surface area (Å²) in [5.74, 6) is 0.392. The van der Waals surface area contributed by atoms with Crippen molar-refractivity contribution in [2.45, 2.75) is 57.7 Å². The molecular weight excluding hydrogens is 431 g/mol. The number of carboxylic acids is 1. The molecule has 1 saturated carbocycles. The van der Waals surface area contributed by atoms with Gasteiger partial charge in [-0.3, -0.25) is 4.79 Å². The molecule has 1 aromatic heterocycles. The number of benzene rings is 2. The van der Waals surface area contributed by atoms with E-state index in [1.165, 1.54) is 6.07 Å². The number of anilines is 1. The highest BCUT2D eigenvalue weighted by atomic mass is 19.4. The van der Waals surface area contributed by atoms with Gasteiger partial charge in [0.05, 0.1) is 17.0 Å². The Morgan fingerprint density at radius 2 is 1.82 bits per heavy atom. The maximum atomic E-state index is 13.1. The van der Waals surface area contributed by atoms with Crippen LogP contribution in [0.5, 0.6) is 0 Å². The molecule has 8 heteroatoms. The quantitative estimate of drug-likeness (QED) is 0.458. The Labute approximate surface area is 190 Å². The fraction of sp³-hybridized carbons (Fsp3) is 0.400. The van der Waals surface area contributed by atoms with Gasteiger partial charge in [-0.05, 0) is 80.8 Å². The Bertz CT molecular complexity index is 1170. The maximum Gasteiger partial charge on any atom is 0.416 e. The van der Waals surface area contributed by atoms with E-state index in [9.17, 15) is 23.1 Å². The van der Waals surface area contributed by atoms with Crippen LogP contribution in [-0.2, 0) is 11.0 Å². The minimum atomic E-state index is -4.40. The summed E-state index contributed by atoms with van der Waals surface area (Å²) in [6.45, 7) is 3.58. The summed E-state index contributed by atoms with van der Waals surface area (Å²) in [4.78, 5) is 20.3. The van der Waals surface area contributed by atoms with Crippen LogP contribution in [-0.4, -0.2) is 21.0 Å². The fourth-order valence-corrected chi connectivity index (χ4v) is 4.57. The predicted octanol–water partition coefficient (Wildman–Crippen LogP) is 6.49. The molecule has 0 spiro atoms. The molecule has 2 N–H and O–H groups in total. The van der Waals surface area contributed by atoms with Crippen molar-refractivity contribution in [1.29, 1.82) is 0 Å². The second-order valence-electron chi connectivity index (χ2n) is 8.77. The van der Waals surface area contributed by atoms with Crippen molar-refractivity contribution in [3.8, 4) is 0 Å². The van der Waals surface area contributed by atoms with Gasteiger partial charge in [0, 0.05) is 11.4 Å². The molecule has 174 valence electrons. The van der Waals surface area contributed by atoms with Crippen LogP contribution in [0.4, 0.5) is 19.0 Å². The summed E-state index contributed by atoms with van der Waals surface area (Å²) in [7, 11) is 0. The number of carbonyl (C=O) groups is 1. The van der Waals surface area contributed by atoms with Gasteiger partial charge >= 0.3 is 12.1 Å². The van der Waals surface area contributed by atoms with Crippen molar-refractivity contribution in [2.24, 2.45) is 5.92 Å². The van der Waals surface area contributed by atoms with E-state index in [4.69, 9.17) is 0 Å². The highest BCUT2D eigenvalue weighted by Gasteiger charge is 2.31. The second kappa shape index (κ2) is 9.00. The van der Waals surface area contributed by atoms with Gasteiger partial charge < -0.3 is 10.4 Å². The average Bonchev–Trinajstić information content (AvgIpc) is 2.78. The number of aromatic nitrogens is 2. The lowest BCUT2D eigenvalue weighted by molar-refractivity contribution is -0.143. The first-order valence-corrected chi connectivity index (χ1v) is 11.1. The number of carboxylic acid groups (broad SMARTS) is 1. The van der Waals surface area contributed by atoms with E-state index >= 15 is 0 Å². The van der Waals surface area contributed by atoms with Crippen molar-refractivity contribution in [2.75, 3.05) is 5.32 Å². The molecule has 1 atom stereocenters. The molecule has 33 heavy (non-hydrogen) atoms. The van der Waals surface area contributed by atoms with Crippen LogP contribution in [0.2, 0.25) is 0 Å². The van der Waals surface area contributed by atoms with Gasteiger partial charge in [-0.2, -0.15) is 13.2 Å². The third-order valence-electron chi connectivity index (χ3n) is 6.45. The number of rotatable bonds is 5. The SMILES string of the molecule is Cc1nc(N[C@H](C)c2cccc(C(F)(F)F)c2)c2cc(C3CCC(C(=O)O)CC3)ccc2n1. The van der Waals surface area contributed by atoms with E-state index in [2.05, 4.69) is 15.3 Å². The van der Waals surface area contributed by atoms with Crippen molar-refractivity contribution in [1.82, 2.24) is 9.97 Å². The largest absolute Gasteiger partial charge is 0.481 e. The zero-order valence-electron chi connectivity index (χ0n) is 18.5. The van der Waals surface area contributed by atoms with Gasteiger partial charge in [-0.25, -0.2) is 9.97 Å². The Morgan fingerprint density at radius 3 is 2.48 bits per heavy atom. The number of hydrogen-bond donors (Lipinski definition) is 2. The standard InChI is InChI=1S/C25H26F3N3O2/c1-14(18-4-3-5-20(12-18)25(26,27)28)29-23-21-13-19(10-11-22(21)30-15(2)31-23)16-6-8-17(9-7-16)24(32)33/h3-5,10-14,16-17H,6-9H2,1-2H3,(H,32,33)(H,29,30,31)/t14-,16?,17?/m1/s1. The third-order valence-corrected chi connectivity index (χ3v) is 6.45. The lowest BCUT2D eigenvalue weighted by atomic mass is 9.78. The molecule has 4 rings (SSSR count). The van der Waals surface area contributed by atoms with Crippen LogP contribution >= 0.6 is 0 Å². The Balaban J connectivity index is 1.62. The van der Waals surface area contributed by atoms with Crippen molar-refractivity contribution >= 4 is 22.7 Å². The normalized spacial score (nSPS) is 19.9. The molecule has 5 nitrogen and oxygen atoms in total. The maximum absolute atomic E-state index is 13.1. The predicted molar refractivity (Wildman–Crippen MR) is 120 cm³/mol. The minimum Gasteiger partial charge on any atom is -0.481 e. The number of nitrogens with zero attached hydrogens (tertiary/aromatic N) is 2. The Kier molecular flexibility index (Phi) is 6.28. The molecule has 1 aliphatic carbocycles. The van der Waals surface area contributed by atoms with E-state index in [1.54, 1.807) is 19.9 Å². The highest BCUT2D eigenvalue weighted by Crippen LogP contribution is 2.38. The summed E-state index contributed by atoms with van der Waals surface area (Å²) >= 11 is 0. The van der Waals surface area contributed by atoms with Crippen molar-refractivity contribution in [3.05, 3.63) is 65.0 Å². The first kappa shape index (κ1) is 23.0. The molecular formula is C25H26F3N3O2. The molecule has 1 heterocycles. The molecule has 3 aromatic rings. The molecule has 0 saturated heterocycles. The summed E-state index contributed by atoms with van der Waals surface area (Å²) in [5.41, 5.74) is 1.69. The van der Waals surface area contributed by atoms with E-state index in [0.717, 1.165) is 41.4 Å². The monoisotopic (exact) mass is 457 g/mol. The lowest BCUT2D eigenvalue weighted by Gasteiger charge is -2.26. The number of hydrogen-bond acceptors (Lipinski definition) is 4. The summed E-state index contributed by atoms with van der Waals surface area (Å²) in [6, 6.07) is 10.9. The van der Waals surface area contributed by atoms with Crippen LogP contribution in [0.1, 0.15) is 67.1 Å². The van der Waals surface area contributed by atoms with Gasteiger partial charge in [0.1, 0.15) is 11.6 Å². The van der Waals surface area contributed by atoms with Crippen molar-refractivity contribution in [3.63, 3.8) is 0 Å².